The van der Waals surface area contributed by atoms with Gasteiger partial charge < -0.3 is 5.48 Å². The van der Waals surface area contributed by atoms with E-state index in [4.69, 9.17) is 14.0 Å². The van der Waals surface area contributed by atoms with E-state index in [1.165, 1.54) is 0 Å². The molecule has 0 aliphatic carbocycles. The van der Waals surface area contributed by atoms with Crippen LogP contribution in [0.3, 0.4) is 0 Å². The predicted octanol–water partition coefficient (Wildman–Crippen LogP) is -0.758. The Balaban J connectivity index is 0. The minimum Gasteiger partial charge on any atom is -0.412 e. The predicted molar refractivity (Wildman–Crippen MR) is 14.1 cm³/mol. The van der Waals surface area contributed by atoms with Gasteiger partial charge in [0.05, 0.1) is 0 Å². The highest BCUT2D eigenvalue weighted by molar-refractivity contribution is 7.23. The van der Waals surface area contributed by atoms with Crippen LogP contribution in [0, 0.1) is 0 Å². The summed E-state index contributed by atoms with van der Waals surface area (Å²) in [5, 5.41) is 0. The van der Waals surface area contributed by atoms with Gasteiger partial charge in [-0.25, -0.2) is 9.13 Å². The molecule has 5 heavy (non-hydrogen) atoms. The van der Waals surface area contributed by atoms with Crippen molar-refractivity contribution in [1.29, 1.82) is 0 Å². The molecule has 0 fully saturated rings. The molecule has 4 nitrogen and oxygen atoms in total. The lowest BCUT2D eigenvalue weighted by Crippen LogP contribution is -1.19. The smallest absolute Gasteiger partial charge is 0.412 e. The van der Waals surface area contributed by atoms with Gasteiger partial charge in [0.1, 0.15) is 0 Å². The van der Waals surface area contributed by atoms with Crippen LogP contribution in [0.15, 0.2) is 0 Å². The fourth-order valence-electron chi connectivity index (χ4n) is 0. The van der Waals surface area contributed by atoms with E-state index < -0.39 is 7.91 Å². The van der Waals surface area contributed by atoms with E-state index in [-0.39, 0.29) is 5.48 Å². The molecule has 0 aromatic heterocycles. The molecule has 0 rings (SSSR count). The van der Waals surface area contributed by atoms with Crippen LogP contribution in [0.4, 0.5) is 0 Å². The third kappa shape index (κ3) is 391. The zero-order chi connectivity index (χ0) is 3.58. The van der Waals surface area contributed by atoms with Crippen molar-refractivity contribution in [3.8, 4) is 0 Å². The van der Waals surface area contributed by atoms with Crippen molar-refractivity contribution < 1.29 is 19.5 Å². The van der Waals surface area contributed by atoms with E-state index in [1.54, 1.807) is 0 Å². The third-order valence-corrected chi connectivity index (χ3v) is 0. The number of rotatable bonds is 0. The molecule has 0 atom stereocenters. The quantitative estimate of drug-likeness (QED) is 0.404. The number of hydrogen-bond donors (Lipinski definition) is 1. The Labute approximate surface area is 28.6 Å². The first-order chi connectivity index (χ1) is 1.73. The lowest BCUT2D eigenvalue weighted by molar-refractivity contribution is 0.434. The molecule has 3 N–H and O–H groups in total. The molecule has 0 aliphatic heterocycles. The van der Waals surface area contributed by atoms with Crippen molar-refractivity contribution >= 4 is 7.91 Å². The van der Waals surface area contributed by atoms with E-state index >= 15 is 0 Å². The summed E-state index contributed by atoms with van der Waals surface area (Å²) in [6, 6.07) is 0. The first kappa shape index (κ1) is 8.84. The summed E-state index contributed by atoms with van der Waals surface area (Å²) >= 11 is 0. The summed E-state index contributed by atoms with van der Waals surface area (Å²) in [7, 11) is -3.12. The highest BCUT2D eigenvalue weighted by atomic mass is 31.1. The van der Waals surface area contributed by atoms with Gasteiger partial charge in [0, 0.05) is 0 Å². The Hall–Kier alpha value is -0.180. The second-order valence-electron chi connectivity index (χ2n) is 0.238. The van der Waals surface area contributed by atoms with Gasteiger partial charge in [0.15, 0.2) is 0 Å². The molecule has 0 radical (unpaired) electrons. The fraction of sp³-hybridized carbons (Fsp3) is 0. The van der Waals surface area contributed by atoms with Crippen molar-refractivity contribution in [3.05, 3.63) is 0 Å². The van der Waals surface area contributed by atoms with Crippen LogP contribution in [-0.2, 0) is 9.13 Å². The molecule has 0 aliphatic rings. The van der Waals surface area contributed by atoms with Crippen molar-refractivity contribution in [2.24, 2.45) is 0 Å². The van der Waals surface area contributed by atoms with Crippen LogP contribution >= 0.6 is 7.91 Å². The van der Waals surface area contributed by atoms with Crippen molar-refractivity contribution in [1.82, 2.24) is 0 Å². The molecule has 0 heterocycles. The lowest BCUT2D eigenvalue weighted by Gasteiger charge is -1.35. The summed E-state index contributed by atoms with van der Waals surface area (Å²) in [4.78, 5) is 7.01. The average molecular weight is 98.0 g/mol. The van der Waals surface area contributed by atoms with Gasteiger partial charge >= 0.3 is 7.91 Å². The molecule has 0 unspecified atom stereocenters. The molecular formula is H3O4P. The SMILES string of the molecule is O.O=P(=O)O. The van der Waals surface area contributed by atoms with Crippen molar-refractivity contribution in [3.63, 3.8) is 0 Å². The van der Waals surface area contributed by atoms with E-state index in [1.807, 2.05) is 0 Å². The fourth-order valence-corrected chi connectivity index (χ4v) is 0. The average Bonchev–Trinajstić information content (AvgIpc) is 0.811. The molecule has 32 valence electrons. The van der Waals surface area contributed by atoms with E-state index in [9.17, 15) is 0 Å². The summed E-state index contributed by atoms with van der Waals surface area (Å²) in [5.41, 5.74) is 0. The molecule has 0 saturated carbocycles. The Bertz CT molecular complexity index is 52.0. The highest BCUT2D eigenvalue weighted by Gasteiger charge is 1.57. The zero-order valence-corrected chi connectivity index (χ0v) is 3.11. The van der Waals surface area contributed by atoms with Crippen molar-refractivity contribution in [2.75, 3.05) is 0 Å². The van der Waals surface area contributed by atoms with Gasteiger partial charge in [0.25, 0.3) is 0 Å². The molecule has 0 aromatic carbocycles. The standard InChI is InChI=1S/HO3P.H2O/c1-4(2)3;/h(H,1,2,3);1H2. The van der Waals surface area contributed by atoms with Crippen LogP contribution < -0.4 is 0 Å². The Kier molecular flexibility index (Phi) is 6.76. The molecule has 5 heteroatoms. The Morgan fingerprint density at radius 3 is 1.40 bits per heavy atom. The highest BCUT2D eigenvalue weighted by Crippen LogP contribution is 1.84. The van der Waals surface area contributed by atoms with E-state index in [0.29, 0.717) is 0 Å². The normalized spacial score (nSPS) is 5.00. The second-order valence-corrected chi connectivity index (χ2v) is 0.714. The van der Waals surface area contributed by atoms with Gasteiger partial charge in [-0.15, -0.1) is 0 Å². The van der Waals surface area contributed by atoms with E-state index in [0.717, 1.165) is 0 Å². The van der Waals surface area contributed by atoms with Crippen LogP contribution in [0.25, 0.3) is 0 Å². The minimum absolute atomic E-state index is 0. The van der Waals surface area contributed by atoms with Crippen LogP contribution in [0.1, 0.15) is 0 Å². The monoisotopic (exact) mass is 98.0 g/mol. The van der Waals surface area contributed by atoms with Gasteiger partial charge in [-0.05, 0) is 0 Å². The van der Waals surface area contributed by atoms with Gasteiger partial charge in [-0.2, -0.15) is 0 Å². The number of hydrogen-bond acceptors (Lipinski definition) is 2. The Morgan fingerprint density at radius 1 is 1.40 bits per heavy atom. The summed E-state index contributed by atoms with van der Waals surface area (Å²) in [5.74, 6) is 0. The Morgan fingerprint density at radius 2 is 1.40 bits per heavy atom. The largest absolute Gasteiger partial charge is 0.465 e. The van der Waals surface area contributed by atoms with Gasteiger partial charge in [-0.1, -0.05) is 0 Å². The molecule has 0 amide bonds. The maximum atomic E-state index is 8.59. The van der Waals surface area contributed by atoms with Crippen LogP contribution in [-0.4, -0.2) is 10.4 Å². The summed E-state index contributed by atoms with van der Waals surface area (Å²) in [6.45, 7) is 0. The van der Waals surface area contributed by atoms with Crippen LogP contribution in [0.2, 0.25) is 0 Å². The maximum Gasteiger partial charge on any atom is 0.465 e. The van der Waals surface area contributed by atoms with Crippen LogP contribution in [0.5, 0.6) is 0 Å². The molecular weight excluding hydrogens is 95.0 g/mol. The summed E-state index contributed by atoms with van der Waals surface area (Å²) in [6.07, 6.45) is 0. The van der Waals surface area contributed by atoms with E-state index in [2.05, 4.69) is 0 Å². The molecule has 0 saturated heterocycles. The zero-order valence-electron chi connectivity index (χ0n) is 2.21. The molecule has 0 aromatic rings. The first-order valence-electron chi connectivity index (χ1n) is 0.565. The minimum atomic E-state index is -3.12. The maximum absolute atomic E-state index is 8.59. The summed E-state index contributed by atoms with van der Waals surface area (Å²) < 4.78 is 17.2. The van der Waals surface area contributed by atoms with Crippen molar-refractivity contribution in [2.45, 2.75) is 0 Å². The first-order valence-corrected chi connectivity index (χ1v) is 1.70. The molecule has 0 spiro atoms. The third-order valence-electron chi connectivity index (χ3n) is 0. The topological polar surface area (TPSA) is 85.9 Å². The second kappa shape index (κ2) is 3.82. The van der Waals surface area contributed by atoms with Gasteiger partial charge in [0.2, 0.25) is 0 Å². The van der Waals surface area contributed by atoms with Gasteiger partial charge in [-0.3, -0.25) is 4.89 Å². The lowest BCUT2D eigenvalue weighted by atomic mass is 15.9. The molecule has 0 bridgehead atoms.